The van der Waals surface area contributed by atoms with Crippen LogP contribution < -0.4 is 5.32 Å². The molecule has 2 amide bonds. The maximum atomic E-state index is 12.4. The van der Waals surface area contributed by atoms with Crippen molar-refractivity contribution in [2.75, 3.05) is 19.8 Å². The number of fused-ring (bicyclic) bond motifs is 1. The Morgan fingerprint density at radius 1 is 1.26 bits per heavy atom. The standard InChI is InChI=1S/C20H22N2O4S/c23-18(22-8-2-1-3-9-22)7-5-15-12-25-17-6-4-14(10-16(15)17)11-19-26-13-21-20(24)27-19/h4,6,10-12H,1-3,5,7-9,13H2,(H,21,24)/b19-11-. The third-order valence-electron chi connectivity index (χ3n) is 4.90. The van der Waals surface area contributed by atoms with Crippen molar-refractivity contribution >= 4 is 40.0 Å². The zero-order valence-corrected chi connectivity index (χ0v) is 15.8. The van der Waals surface area contributed by atoms with E-state index in [-0.39, 0.29) is 17.9 Å². The number of carbonyl (C=O) groups excluding carboxylic acids is 2. The average molecular weight is 386 g/mol. The molecule has 2 fully saturated rings. The van der Waals surface area contributed by atoms with Gasteiger partial charge >= 0.3 is 0 Å². The van der Waals surface area contributed by atoms with Crippen molar-refractivity contribution in [3.8, 4) is 0 Å². The Hall–Kier alpha value is -2.41. The molecule has 6 nitrogen and oxygen atoms in total. The first-order chi connectivity index (χ1) is 13.2. The van der Waals surface area contributed by atoms with Gasteiger partial charge in [0.15, 0.2) is 11.8 Å². The Balaban J connectivity index is 1.47. The summed E-state index contributed by atoms with van der Waals surface area (Å²) in [6, 6.07) is 5.85. The second-order valence-electron chi connectivity index (χ2n) is 6.78. The third kappa shape index (κ3) is 4.30. The van der Waals surface area contributed by atoms with Crippen LogP contribution in [0.1, 0.15) is 36.8 Å². The van der Waals surface area contributed by atoms with Crippen LogP contribution in [0.3, 0.4) is 0 Å². The Labute approximate surface area is 161 Å². The molecule has 3 heterocycles. The number of furan rings is 1. The van der Waals surface area contributed by atoms with Gasteiger partial charge in [-0.15, -0.1) is 0 Å². The van der Waals surface area contributed by atoms with Gasteiger partial charge in [-0.25, -0.2) is 0 Å². The normalized spacial score (nSPS) is 19.2. The smallest absolute Gasteiger partial charge is 0.289 e. The number of hydrogen-bond donors (Lipinski definition) is 1. The summed E-state index contributed by atoms with van der Waals surface area (Å²) < 4.78 is 11.1. The van der Waals surface area contributed by atoms with E-state index in [1.54, 1.807) is 6.26 Å². The molecule has 0 unspecified atom stereocenters. The lowest BCUT2D eigenvalue weighted by Crippen LogP contribution is -2.35. The quantitative estimate of drug-likeness (QED) is 0.856. The number of nitrogens with one attached hydrogen (secondary N) is 1. The van der Waals surface area contributed by atoms with E-state index in [9.17, 15) is 9.59 Å². The molecule has 0 radical (unpaired) electrons. The number of likely N-dealkylation sites (tertiary alicyclic amines) is 1. The van der Waals surface area contributed by atoms with Crippen LogP contribution >= 0.6 is 11.8 Å². The van der Waals surface area contributed by atoms with Crippen molar-refractivity contribution < 1.29 is 18.7 Å². The largest absolute Gasteiger partial charge is 0.466 e. The van der Waals surface area contributed by atoms with E-state index in [4.69, 9.17) is 9.15 Å². The molecule has 0 spiro atoms. The minimum atomic E-state index is -0.117. The SMILES string of the molecule is O=C1NCO/C(=C/c2ccc3occ(CCC(=O)N4CCCCC4)c3c2)S1. The van der Waals surface area contributed by atoms with E-state index in [0.29, 0.717) is 17.9 Å². The topological polar surface area (TPSA) is 71.8 Å². The van der Waals surface area contributed by atoms with Crippen LogP contribution in [0, 0.1) is 0 Å². The zero-order chi connectivity index (χ0) is 18.6. The number of thioether (sulfide) groups is 1. The van der Waals surface area contributed by atoms with Crippen molar-refractivity contribution in [3.63, 3.8) is 0 Å². The van der Waals surface area contributed by atoms with Crippen LogP contribution in [-0.2, 0) is 16.0 Å². The van der Waals surface area contributed by atoms with Crippen LogP contribution in [0.4, 0.5) is 4.79 Å². The van der Waals surface area contributed by atoms with Crippen LogP contribution in [0.2, 0.25) is 0 Å². The van der Waals surface area contributed by atoms with Crippen molar-refractivity contribution in [3.05, 3.63) is 40.7 Å². The maximum Gasteiger partial charge on any atom is 0.289 e. The molecule has 2 saturated heterocycles. The highest BCUT2D eigenvalue weighted by atomic mass is 32.2. The summed E-state index contributed by atoms with van der Waals surface area (Å²) in [6.45, 7) is 1.96. The Morgan fingerprint density at radius 2 is 2.11 bits per heavy atom. The highest BCUT2D eigenvalue weighted by Crippen LogP contribution is 2.28. The van der Waals surface area contributed by atoms with E-state index >= 15 is 0 Å². The highest BCUT2D eigenvalue weighted by Gasteiger charge is 2.18. The lowest BCUT2D eigenvalue weighted by molar-refractivity contribution is -0.132. The monoisotopic (exact) mass is 386 g/mol. The van der Waals surface area contributed by atoms with E-state index in [0.717, 1.165) is 59.8 Å². The van der Waals surface area contributed by atoms with Gasteiger partial charge in [-0.3, -0.25) is 9.59 Å². The van der Waals surface area contributed by atoms with Crippen molar-refractivity contribution in [2.45, 2.75) is 32.1 Å². The molecule has 0 bridgehead atoms. The number of hydrogen-bond acceptors (Lipinski definition) is 5. The highest BCUT2D eigenvalue weighted by molar-refractivity contribution is 8.16. The molecular weight excluding hydrogens is 364 g/mol. The van der Waals surface area contributed by atoms with Gasteiger partial charge in [-0.2, -0.15) is 0 Å². The summed E-state index contributed by atoms with van der Waals surface area (Å²) in [6.07, 6.45) is 8.18. The van der Waals surface area contributed by atoms with E-state index in [2.05, 4.69) is 5.32 Å². The van der Waals surface area contributed by atoms with Crippen molar-refractivity contribution in [1.82, 2.24) is 10.2 Å². The second-order valence-corrected chi connectivity index (χ2v) is 7.75. The average Bonchev–Trinajstić information content (AvgIpc) is 3.09. The Bertz CT molecular complexity index is 883. The van der Waals surface area contributed by atoms with E-state index < -0.39 is 0 Å². The summed E-state index contributed by atoms with van der Waals surface area (Å²) in [5.74, 6) is 0.223. The van der Waals surface area contributed by atoms with Crippen molar-refractivity contribution in [2.24, 2.45) is 0 Å². The molecule has 7 heteroatoms. The minimum absolute atomic E-state index is 0.117. The minimum Gasteiger partial charge on any atom is -0.466 e. The predicted molar refractivity (Wildman–Crippen MR) is 105 cm³/mol. The summed E-state index contributed by atoms with van der Waals surface area (Å²) in [4.78, 5) is 25.8. The molecule has 0 saturated carbocycles. The number of nitrogens with zero attached hydrogens (tertiary/aromatic N) is 1. The van der Waals surface area contributed by atoms with Crippen LogP contribution in [0.5, 0.6) is 0 Å². The third-order valence-corrected chi connectivity index (χ3v) is 5.67. The summed E-state index contributed by atoms with van der Waals surface area (Å²) in [7, 11) is 0. The number of piperidine rings is 1. The molecule has 0 atom stereocenters. The lowest BCUT2D eigenvalue weighted by Gasteiger charge is -2.26. The van der Waals surface area contributed by atoms with Gasteiger partial charge in [0, 0.05) is 36.7 Å². The molecule has 1 aromatic heterocycles. The van der Waals surface area contributed by atoms with Gasteiger partial charge in [0.1, 0.15) is 5.58 Å². The first-order valence-corrected chi connectivity index (χ1v) is 10.1. The molecule has 4 rings (SSSR count). The van der Waals surface area contributed by atoms with Gasteiger partial charge in [-0.05, 0) is 55.0 Å². The Morgan fingerprint density at radius 3 is 2.93 bits per heavy atom. The van der Waals surface area contributed by atoms with E-state index in [1.165, 1.54) is 6.42 Å². The van der Waals surface area contributed by atoms with Gasteiger partial charge in [-0.1, -0.05) is 6.07 Å². The van der Waals surface area contributed by atoms with Gasteiger partial charge in [0.25, 0.3) is 5.24 Å². The Kier molecular flexibility index (Phi) is 5.38. The summed E-state index contributed by atoms with van der Waals surface area (Å²) >= 11 is 1.04. The second kappa shape index (κ2) is 8.08. The predicted octanol–water partition coefficient (Wildman–Crippen LogP) is 4.11. The number of benzene rings is 1. The fourth-order valence-electron chi connectivity index (χ4n) is 3.46. The lowest BCUT2D eigenvalue weighted by atomic mass is 10.0. The van der Waals surface area contributed by atoms with Gasteiger partial charge < -0.3 is 19.4 Å². The van der Waals surface area contributed by atoms with Crippen LogP contribution in [0.25, 0.3) is 17.0 Å². The molecular formula is C20H22N2O4S. The molecule has 2 aliphatic heterocycles. The molecule has 2 aromatic rings. The first-order valence-electron chi connectivity index (χ1n) is 9.27. The molecule has 27 heavy (non-hydrogen) atoms. The summed E-state index contributed by atoms with van der Waals surface area (Å²) in [5, 5.41) is 4.05. The molecule has 0 aliphatic carbocycles. The maximum absolute atomic E-state index is 12.4. The van der Waals surface area contributed by atoms with Gasteiger partial charge in [0.2, 0.25) is 5.91 Å². The first kappa shape index (κ1) is 18.0. The molecule has 2 aliphatic rings. The number of ether oxygens (including phenoxy) is 1. The zero-order valence-electron chi connectivity index (χ0n) is 15.0. The number of rotatable bonds is 4. The molecule has 1 N–H and O–H groups in total. The number of aryl methyl sites for hydroxylation is 1. The summed E-state index contributed by atoms with van der Waals surface area (Å²) in [5.41, 5.74) is 2.77. The fourth-order valence-corrected chi connectivity index (χ4v) is 4.08. The molecule has 1 aromatic carbocycles. The van der Waals surface area contributed by atoms with Crippen molar-refractivity contribution in [1.29, 1.82) is 0 Å². The fraction of sp³-hybridized carbons (Fsp3) is 0.400. The van der Waals surface area contributed by atoms with Crippen LogP contribution in [-0.4, -0.2) is 35.9 Å². The molecule has 142 valence electrons. The number of carbonyl (C=O) groups is 2. The van der Waals surface area contributed by atoms with Gasteiger partial charge in [0.05, 0.1) is 6.26 Å². The van der Waals surface area contributed by atoms with Crippen LogP contribution in [0.15, 0.2) is 34.0 Å². The van der Waals surface area contributed by atoms with E-state index in [1.807, 2.05) is 29.2 Å². The number of amides is 2.